The van der Waals surface area contributed by atoms with Gasteiger partial charge in [0.2, 0.25) is 0 Å². The van der Waals surface area contributed by atoms with Crippen LogP contribution in [0.5, 0.6) is 0 Å². The van der Waals surface area contributed by atoms with Gasteiger partial charge in [0, 0.05) is 28.6 Å². The van der Waals surface area contributed by atoms with E-state index in [1.807, 2.05) is 24.4 Å². The lowest BCUT2D eigenvalue weighted by atomic mass is 10.1. The molecule has 0 bridgehead atoms. The summed E-state index contributed by atoms with van der Waals surface area (Å²) in [5.41, 5.74) is 10.4. The van der Waals surface area contributed by atoms with Gasteiger partial charge in [-0.15, -0.1) is 0 Å². The van der Waals surface area contributed by atoms with Gasteiger partial charge in [-0.3, -0.25) is 4.98 Å². The minimum Gasteiger partial charge on any atom is -0.399 e. The Bertz CT molecular complexity index is 566. The topological polar surface area (TPSA) is 42.1 Å². The van der Waals surface area contributed by atoms with Gasteiger partial charge >= 0.3 is 0 Å². The molecule has 0 atom stereocenters. The predicted octanol–water partition coefficient (Wildman–Crippen LogP) is 2.99. The Kier molecular flexibility index (Phi) is 2.96. The van der Waals surface area contributed by atoms with E-state index in [2.05, 4.69) is 37.9 Å². The van der Waals surface area contributed by atoms with E-state index in [0.29, 0.717) is 0 Å². The standard InChI is InChI=1S/C14H14BrN3/c15-11-2-4-13(17-8-11)9-18-6-5-10-1-3-12(16)7-14(10)18/h1-4,7-8H,5-6,9,16H2. The SMILES string of the molecule is Nc1ccc2c(c1)N(Cc1ccc(Br)cn1)CC2. The van der Waals surface area contributed by atoms with Gasteiger partial charge in [0.05, 0.1) is 12.2 Å². The van der Waals surface area contributed by atoms with Crippen molar-refractivity contribution in [3.8, 4) is 0 Å². The van der Waals surface area contributed by atoms with Gasteiger partial charge in [-0.05, 0) is 52.2 Å². The molecule has 2 N–H and O–H groups in total. The summed E-state index contributed by atoms with van der Waals surface area (Å²) in [4.78, 5) is 6.75. The lowest BCUT2D eigenvalue weighted by Gasteiger charge is -2.19. The quantitative estimate of drug-likeness (QED) is 0.867. The molecule has 0 saturated carbocycles. The third-order valence-electron chi connectivity index (χ3n) is 3.24. The van der Waals surface area contributed by atoms with Crippen LogP contribution in [-0.2, 0) is 13.0 Å². The minimum absolute atomic E-state index is 0.824. The van der Waals surface area contributed by atoms with Crippen LogP contribution < -0.4 is 10.6 Å². The van der Waals surface area contributed by atoms with Gasteiger partial charge in [0.25, 0.3) is 0 Å². The summed E-state index contributed by atoms with van der Waals surface area (Å²) in [5, 5.41) is 0. The van der Waals surface area contributed by atoms with Crippen molar-refractivity contribution in [1.82, 2.24) is 4.98 Å². The molecule has 4 heteroatoms. The van der Waals surface area contributed by atoms with Crippen molar-refractivity contribution >= 4 is 27.3 Å². The molecule has 18 heavy (non-hydrogen) atoms. The molecule has 3 nitrogen and oxygen atoms in total. The summed E-state index contributed by atoms with van der Waals surface area (Å²) in [6, 6.07) is 10.2. The van der Waals surface area contributed by atoms with Gasteiger partial charge in [0.1, 0.15) is 0 Å². The molecule has 92 valence electrons. The molecule has 0 radical (unpaired) electrons. The van der Waals surface area contributed by atoms with Crippen LogP contribution in [0.15, 0.2) is 41.0 Å². The minimum atomic E-state index is 0.824. The number of nitrogen functional groups attached to an aromatic ring is 1. The molecule has 1 aromatic carbocycles. The largest absolute Gasteiger partial charge is 0.399 e. The summed E-state index contributed by atoms with van der Waals surface area (Å²) in [6.07, 6.45) is 2.93. The molecule has 0 fully saturated rings. The summed E-state index contributed by atoms with van der Waals surface area (Å²) < 4.78 is 1.01. The van der Waals surface area contributed by atoms with E-state index in [-0.39, 0.29) is 0 Å². The fourth-order valence-electron chi connectivity index (χ4n) is 2.32. The molecule has 3 rings (SSSR count). The second-order valence-electron chi connectivity index (χ2n) is 4.53. The van der Waals surface area contributed by atoms with Crippen LogP contribution in [-0.4, -0.2) is 11.5 Å². The summed E-state index contributed by atoms with van der Waals surface area (Å²) in [6.45, 7) is 1.88. The Morgan fingerprint density at radius 3 is 2.94 bits per heavy atom. The first-order valence-electron chi connectivity index (χ1n) is 5.96. The predicted molar refractivity (Wildman–Crippen MR) is 77.5 cm³/mol. The molecule has 2 aromatic rings. The molecule has 0 amide bonds. The Morgan fingerprint density at radius 1 is 1.28 bits per heavy atom. The van der Waals surface area contributed by atoms with Crippen LogP contribution in [0.3, 0.4) is 0 Å². The number of nitrogens with two attached hydrogens (primary N) is 1. The molecule has 0 aliphatic carbocycles. The van der Waals surface area contributed by atoms with Crippen molar-refractivity contribution in [1.29, 1.82) is 0 Å². The monoisotopic (exact) mass is 303 g/mol. The number of fused-ring (bicyclic) bond motifs is 1. The summed E-state index contributed by atoms with van der Waals surface area (Å²) >= 11 is 3.40. The number of benzene rings is 1. The van der Waals surface area contributed by atoms with Crippen molar-refractivity contribution in [3.05, 3.63) is 52.3 Å². The molecule has 0 saturated heterocycles. The first-order valence-corrected chi connectivity index (χ1v) is 6.75. The third kappa shape index (κ3) is 2.20. The van der Waals surface area contributed by atoms with E-state index >= 15 is 0 Å². The number of rotatable bonds is 2. The first kappa shape index (κ1) is 11.5. The first-order chi connectivity index (χ1) is 8.72. The Morgan fingerprint density at radius 2 is 2.17 bits per heavy atom. The van der Waals surface area contributed by atoms with Crippen LogP contribution in [0.1, 0.15) is 11.3 Å². The highest BCUT2D eigenvalue weighted by atomic mass is 79.9. The number of nitrogens with zero attached hydrogens (tertiary/aromatic N) is 2. The van der Waals surface area contributed by atoms with E-state index in [0.717, 1.165) is 35.4 Å². The lowest BCUT2D eigenvalue weighted by molar-refractivity contribution is 0.814. The molecule has 0 unspecified atom stereocenters. The average Bonchev–Trinajstić information content (AvgIpc) is 2.75. The maximum atomic E-state index is 5.86. The van der Waals surface area contributed by atoms with Crippen molar-refractivity contribution in [3.63, 3.8) is 0 Å². The Hall–Kier alpha value is -1.55. The molecule has 2 heterocycles. The molecule has 0 spiro atoms. The Balaban J connectivity index is 1.84. The summed E-state index contributed by atoms with van der Waals surface area (Å²) in [5.74, 6) is 0. The van der Waals surface area contributed by atoms with Crippen LogP contribution >= 0.6 is 15.9 Å². The molecular formula is C14H14BrN3. The molecule has 1 aliphatic rings. The molecule has 1 aliphatic heterocycles. The number of pyridine rings is 1. The van der Waals surface area contributed by atoms with E-state index in [1.54, 1.807) is 0 Å². The second-order valence-corrected chi connectivity index (χ2v) is 5.44. The maximum Gasteiger partial charge on any atom is 0.0602 e. The number of anilines is 2. The van der Waals surface area contributed by atoms with Crippen molar-refractivity contribution < 1.29 is 0 Å². The highest BCUT2D eigenvalue weighted by Gasteiger charge is 2.19. The maximum absolute atomic E-state index is 5.86. The number of hydrogen-bond acceptors (Lipinski definition) is 3. The highest BCUT2D eigenvalue weighted by Crippen LogP contribution is 2.30. The zero-order valence-electron chi connectivity index (χ0n) is 9.94. The van der Waals surface area contributed by atoms with E-state index in [9.17, 15) is 0 Å². The van der Waals surface area contributed by atoms with E-state index < -0.39 is 0 Å². The lowest BCUT2D eigenvalue weighted by Crippen LogP contribution is -2.20. The van der Waals surface area contributed by atoms with Gasteiger partial charge in [-0.2, -0.15) is 0 Å². The van der Waals surface area contributed by atoms with E-state index in [1.165, 1.54) is 11.3 Å². The van der Waals surface area contributed by atoms with Crippen molar-refractivity contribution in [2.24, 2.45) is 0 Å². The number of halogens is 1. The normalized spacial score (nSPS) is 13.7. The van der Waals surface area contributed by atoms with Gasteiger partial charge < -0.3 is 10.6 Å². The van der Waals surface area contributed by atoms with Crippen LogP contribution in [0.2, 0.25) is 0 Å². The number of aromatic nitrogens is 1. The average molecular weight is 304 g/mol. The van der Waals surface area contributed by atoms with E-state index in [4.69, 9.17) is 5.73 Å². The molecular weight excluding hydrogens is 290 g/mol. The third-order valence-corrected chi connectivity index (χ3v) is 3.71. The molecule has 1 aromatic heterocycles. The zero-order chi connectivity index (χ0) is 12.5. The zero-order valence-corrected chi connectivity index (χ0v) is 11.5. The van der Waals surface area contributed by atoms with Crippen LogP contribution in [0.25, 0.3) is 0 Å². The van der Waals surface area contributed by atoms with Gasteiger partial charge in [-0.25, -0.2) is 0 Å². The van der Waals surface area contributed by atoms with Crippen LogP contribution in [0.4, 0.5) is 11.4 Å². The fraction of sp³-hybridized carbons (Fsp3) is 0.214. The van der Waals surface area contributed by atoms with Gasteiger partial charge in [-0.1, -0.05) is 6.07 Å². The fourth-order valence-corrected chi connectivity index (χ4v) is 2.56. The second kappa shape index (κ2) is 4.61. The number of hydrogen-bond donors (Lipinski definition) is 1. The van der Waals surface area contributed by atoms with Crippen LogP contribution in [0, 0.1) is 0 Å². The summed E-state index contributed by atoms with van der Waals surface area (Å²) in [7, 11) is 0. The smallest absolute Gasteiger partial charge is 0.0602 e. The van der Waals surface area contributed by atoms with Crippen molar-refractivity contribution in [2.75, 3.05) is 17.2 Å². The Labute approximate surface area is 115 Å². The highest BCUT2D eigenvalue weighted by molar-refractivity contribution is 9.10. The van der Waals surface area contributed by atoms with Crippen molar-refractivity contribution in [2.45, 2.75) is 13.0 Å². The van der Waals surface area contributed by atoms with Gasteiger partial charge in [0.15, 0.2) is 0 Å².